The van der Waals surface area contributed by atoms with Crippen molar-refractivity contribution in [3.63, 3.8) is 0 Å². The second-order valence-corrected chi connectivity index (χ2v) is 8.86. The van der Waals surface area contributed by atoms with Gasteiger partial charge in [0.15, 0.2) is 0 Å². The Morgan fingerprint density at radius 3 is 2.35 bits per heavy atom. The number of benzene rings is 1. The van der Waals surface area contributed by atoms with Gasteiger partial charge in [0.25, 0.3) is 0 Å². The van der Waals surface area contributed by atoms with E-state index < -0.39 is 25.9 Å². The van der Waals surface area contributed by atoms with Crippen LogP contribution in [0.5, 0.6) is 0 Å². The average Bonchev–Trinajstić information content (AvgIpc) is 2.24. The van der Waals surface area contributed by atoms with Crippen LogP contribution in [0.2, 0.25) is 5.02 Å². The third kappa shape index (κ3) is 5.02. The Morgan fingerprint density at radius 2 is 1.90 bits per heavy atom. The minimum atomic E-state index is -3.87. The summed E-state index contributed by atoms with van der Waals surface area (Å²) in [5, 5.41) is 0.0482. The summed E-state index contributed by atoms with van der Waals surface area (Å²) < 4.78 is 48.8. The van der Waals surface area contributed by atoms with Crippen LogP contribution in [0.3, 0.4) is 0 Å². The summed E-state index contributed by atoms with van der Waals surface area (Å²) >= 11 is 5.92. The zero-order valence-electron chi connectivity index (χ0n) is 11.1. The standard InChI is InChI=1S/C11H17ClN2O4S2/c1-8(7-19(2,15)16)14-20(17,18)11-4-3-9(6-13)5-10(11)12/h3-5,8,14H,6-7,13H2,1-2H3. The van der Waals surface area contributed by atoms with Gasteiger partial charge in [-0.3, -0.25) is 0 Å². The maximum absolute atomic E-state index is 12.1. The lowest BCUT2D eigenvalue weighted by atomic mass is 10.2. The molecule has 0 aliphatic rings. The maximum Gasteiger partial charge on any atom is 0.242 e. The summed E-state index contributed by atoms with van der Waals surface area (Å²) in [5.41, 5.74) is 6.14. The lowest BCUT2D eigenvalue weighted by molar-refractivity contribution is 0.564. The zero-order chi connectivity index (χ0) is 15.6. The van der Waals surface area contributed by atoms with Crippen molar-refractivity contribution in [2.45, 2.75) is 24.4 Å². The van der Waals surface area contributed by atoms with Crippen LogP contribution in [0, 0.1) is 0 Å². The van der Waals surface area contributed by atoms with Gasteiger partial charge in [-0.2, -0.15) is 0 Å². The Morgan fingerprint density at radius 1 is 1.30 bits per heavy atom. The predicted octanol–water partition coefficient (Wildman–Crippen LogP) is 0.510. The molecule has 1 aromatic rings. The monoisotopic (exact) mass is 340 g/mol. The molecule has 0 aromatic heterocycles. The third-order valence-electron chi connectivity index (χ3n) is 2.43. The SMILES string of the molecule is CC(CS(C)(=O)=O)NS(=O)(=O)c1ccc(CN)cc1Cl. The first-order valence-electron chi connectivity index (χ1n) is 5.73. The van der Waals surface area contributed by atoms with Gasteiger partial charge in [-0.1, -0.05) is 17.7 Å². The van der Waals surface area contributed by atoms with Gasteiger partial charge in [-0.05, 0) is 24.6 Å². The van der Waals surface area contributed by atoms with Crippen molar-refractivity contribution in [1.82, 2.24) is 4.72 Å². The van der Waals surface area contributed by atoms with Gasteiger partial charge in [0.05, 0.1) is 10.8 Å². The lowest BCUT2D eigenvalue weighted by Gasteiger charge is -2.14. The molecule has 0 saturated carbocycles. The van der Waals surface area contributed by atoms with Crippen LogP contribution >= 0.6 is 11.6 Å². The summed E-state index contributed by atoms with van der Waals surface area (Å²) in [5.74, 6) is -0.287. The van der Waals surface area contributed by atoms with E-state index in [2.05, 4.69) is 4.72 Å². The van der Waals surface area contributed by atoms with Gasteiger partial charge in [-0.15, -0.1) is 0 Å². The molecule has 0 aliphatic carbocycles. The number of hydrogen-bond donors (Lipinski definition) is 2. The number of rotatable bonds is 6. The Bertz CT molecular complexity index is 686. The first-order chi connectivity index (χ1) is 9.05. The van der Waals surface area contributed by atoms with E-state index in [9.17, 15) is 16.8 Å². The van der Waals surface area contributed by atoms with Crippen LogP contribution in [-0.2, 0) is 26.4 Å². The maximum atomic E-state index is 12.1. The van der Waals surface area contributed by atoms with E-state index in [1.807, 2.05) is 0 Å². The molecule has 0 fully saturated rings. The summed E-state index contributed by atoms with van der Waals surface area (Å²) in [4.78, 5) is -0.100. The summed E-state index contributed by atoms with van der Waals surface area (Å²) in [6.45, 7) is 1.72. The highest BCUT2D eigenvalue weighted by Gasteiger charge is 2.22. The molecule has 0 aliphatic heterocycles. The van der Waals surface area contributed by atoms with E-state index in [0.717, 1.165) is 6.26 Å². The van der Waals surface area contributed by atoms with Crippen LogP contribution in [0.4, 0.5) is 0 Å². The van der Waals surface area contributed by atoms with Crippen LogP contribution in [-0.4, -0.2) is 34.9 Å². The number of nitrogens with two attached hydrogens (primary N) is 1. The molecule has 1 unspecified atom stereocenters. The second kappa shape index (κ2) is 6.40. The molecule has 1 rings (SSSR count). The predicted molar refractivity (Wildman–Crippen MR) is 78.8 cm³/mol. The van der Waals surface area contributed by atoms with Crippen molar-refractivity contribution in [3.8, 4) is 0 Å². The topological polar surface area (TPSA) is 106 Å². The van der Waals surface area contributed by atoms with E-state index >= 15 is 0 Å². The highest BCUT2D eigenvalue weighted by molar-refractivity contribution is 7.91. The number of sulfone groups is 1. The molecule has 0 amide bonds. The summed E-state index contributed by atoms with van der Waals surface area (Å²) in [7, 11) is -7.15. The van der Waals surface area contributed by atoms with Gasteiger partial charge in [0, 0.05) is 18.8 Å². The fourth-order valence-electron chi connectivity index (χ4n) is 1.71. The largest absolute Gasteiger partial charge is 0.326 e. The number of nitrogens with one attached hydrogen (secondary N) is 1. The molecule has 1 aromatic carbocycles. The Hall–Kier alpha value is -0.670. The van der Waals surface area contributed by atoms with E-state index in [0.29, 0.717) is 5.56 Å². The van der Waals surface area contributed by atoms with Crippen LogP contribution in [0.25, 0.3) is 0 Å². The molecule has 9 heteroatoms. The molecule has 0 heterocycles. The second-order valence-electron chi connectivity index (χ2n) is 4.58. The van der Waals surface area contributed by atoms with Crippen LogP contribution in [0.1, 0.15) is 12.5 Å². The van der Waals surface area contributed by atoms with Gasteiger partial charge in [0.1, 0.15) is 14.7 Å². The zero-order valence-corrected chi connectivity index (χ0v) is 13.5. The fourth-order valence-corrected chi connectivity index (χ4v) is 4.61. The normalized spacial score (nSPS) is 14.2. The molecule has 114 valence electrons. The molecule has 0 radical (unpaired) electrons. The average molecular weight is 341 g/mol. The molecule has 1 atom stereocenters. The number of sulfonamides is 1. The van der Waals surface area contributed by atoms with E-state index in [-0.39, 0.29) is 22.2 Å². The van der Waals surface area contributed by atoms with E-state index in [4.69, 9.17) is 17.3 Å². The minimum absolute atomic E-state index is 0.0482. The molecule has 6 nitrogen and oxygen atoms in total. The van der Waals surface area contributed by atoms with Gasteiger partial charge >= 0.3 is 0 Å². The summed E-state index contributed by atoms with van der Waals surface area (Å²) in [6.07, 6.45) is 1.04. The van der Waals surface area contributed by atoms with E-state index in [1.54, 1.807) is 6.07 Å². The first-order valence-corrected chi connectivity index (χ1v) is 9.66. The van der Waals surface area contributed by atoms with Gasteiger partial charge in [-0.25, -0.2) is 21.6 Å². The van der Waals surface area contributed by atoms with Crippen molar-refractivity contribution in [3.05, 3.63) is 28.8 Å². The Balaban J connectivity index is 3.00. The smallest absolute Gasteiger partial charge is 0.242 e. The molecule has 0 saturated heterocycles. The molecule has 0 bridgehead atoms. The van der Waals surface area contributed by atoms with Gasteiger partial charge in [0.2, 0.25) is 10.0 Å². The van der Waals surface area contributed by atoms with Crippen LogP contribution in [0.15, 0.2) is 23.1 Å². The fraction of sp³-hybridized carbons (Fsp3) is 0.455. The van der Waals surface area contributed by atoms with Crippen molar-refractivity contribution >= 4 is 31.5 Å². The van der Waals surface area contributed by atoms with Crippen molar-refractivity contribution in [2.24, 2.45) is 5.73 Å². The third-order valence-corrected chi connectivity index (χ3v) is 5.61. The highest BCUT2D eigenvalue weighted by Crippen LogP contribution is 2.22. The number of halogens is 1. The number of hydrogen-bond acceptors (Lipinski definition) is 5. The highest BCUT2D eigenvalue weighted by atomic mass is 35.5. The molecular weight excluding hydrogens is 324 g/mol. The van der Waals surface area contributed by atoms with Gasteiger partial charge < -0.3 is 5.73 Å². The lowest BCUT2D eigenvalue weighted by Crippen LogP contribution is -2.37. The van der Waals surface area contributed by atoms with E-state index in [1.165, 1.54) is 19.1 Å². The molecule has 0 spiro atoms. The minimum Gasteiger partial charge on any atom is -0.326 e. The van der Waals surface area contributed by atoms with Crippen LogP contribution < -0.4 is 10.5 Å². The quantitative estimate of drug-likeness (QED) is 0.784. The summed E-state index contributed by atoms with van der Waals surface area (Å²) in [6, 6.07) is 3.62. The van der Waals surface area contributed by atoms with Crippen molar-refractivity contribution < 1.29 is 16.8 Å². The molecule has 20 heavy (non-hydrogen) atoms. The Kier molecular flexibility index (Phi) is 5.56. The molecular formula is C11H17ClN2O4S2. The Labute approximate surface area is 124 Å². The first kappa shape index (κ1) is 17.4. The van der Waals surface area contributed by atoms with Crippen molar-refractivity contribution in [2.75, 3.05) is 12.0 Å². The molecule has 3 N–H and O–H groups in total. The van der Waals surface area contributed by atoms with Crippen molar-refractivity contribution in [1.29, 1.82) is 0 Å².